The number of carbonyl (C=O) groups excluding carboxylic acids is 2. The van der Waals surface area contributed by atoms with Gasteiger partial charge in [-0.05, 0) is 73.7 Å². The van der Waals surface area contributed by atoms with Gasteiger partial charge in [0.15, 0.2) is 6.10 Å². The molecule has 3 amide bonds. The van der Waals surface area contributed by atoms with E-state index < -0.39 is 6.10 Å². The molecule has 0 saturated carbocycles. The zero-order chi connectivity index (χ0) is 23.7. The van der Waals surface area contributed by atoms with Gasteiger partial charge in [-0.15, -0.1) is 0 Å². The highest BCUT2D eigenvalue weighted by Gasteiger charge is 2.35. The van der Waals surface area contributed by atoms with Crippen LogP contribution in [0.15, 0.2) is 66.7 Å². The van der Waals surface area contributed by atoms with E-state index in [0.29, 0.717) is 28.7 Å². The van der Waals surface area contributed by atoms with Gasteiger partial charge in [0.05, 0.1) is 12.6 Å². The average Bonchev–Trinajstić information content (AvgIpc) is 2.94. The van der Waals surface area contributed by atoms with Crippen LogP contribution in [0.5, 0.6) is 5.75 Å². The van der Waals surface area contributed by atoms with E-state index in [1.165, 1.54) is 11.1 Å². The van der Waals surface area contributed by atoms with Crippen LogP contribution in [-0.2, 0) is 17.8 Å². The van der Waals surface area contributed by atoms with E-state index in [2.05, 4.69) is 28.8 Å². The number of anilines is 2. The fraction of sp³-hybridized carbons (Fsp3) is 0.259. The minimum absolute atomic E-state index is 0.0113. The molecule has 7 heteroatoms. The number of carbonyl (C=O) groups is 2. The first-order chi connectivity index (χ1) is 16.5. The zero-order valence-corrected chi connectivity index (χ0v) is 19.6. The average molecular weight is 476 g/mol. The number of fused-ring (bicyclic) bond motifs is 2. The number of nitrogens with one attached hydrogen (secondary N) is 2. The van der Waals surface area contributed by atoms with Crippen molar-refractivity contribution in [2.24, 2.45) is 0 Å². The van der Waals surface area contributed by atoms with Crippen LogP contribution in [-0.4, -0.2) is 22.9 Å². The Kier molecular flexibility index (Phi) is 6.16. The Bertz CT molecular complexity index is 1250. The quantitative estimate of drug-likeness (QED) is 0.475. The lowest BCUT2D eigenvalue weighted by Gasteiger charge is -2.35. The molecule has 1 aliphatic carbocycles. The van der Waals surface area contributed by atoms with Crippen LogP contribution in [0.4, 0.5) is 16.2 Å². The van der Waals surface area contributed by atoms with Crippen LogP contribution in [0.3, 0.4) is 0 Å². The van der Waals surface area contributed by atoms with Crippen LogP contribution >= 0.6 is 11.6 Å². The predicted octanol–water partition coefficient (Wildman–Crippen LogP) is 6.17. The van der Waals surface area contributed by atoms with Crippen LogP contribution in [0.1, 0.15) is 42.5 Å². The molecule has 34 heavy (non-hydrogen) atoms. The van der Waals surface area contributed by atoms with Crippen molar-refractivity contribution in [2.75, 3.05) is 10.6 Å². The SMILES string of the molecule is CC1Oc2ccc(NC(=O)Nc3cccc(Cl)c3)cc2CN(C2CCCc3ccccc32)C1=O. The molecule has 0 radical (unpaired) electrons. The number of amides is 3. The number of urea groups is 1. The third-order valence-electron chi connectivity index (χ3n) is 6.39. The molecule has 0 spiro atoms. The number of aryl methyl sites for hydroxylation is 1. The molecule has 2 unspecified atom stereocenters. The van der Waals surface area contributed by atoms with E-state index >= 15 is 0 Å². The largest absolute Gasteiger partial charge is 0.481 e. The van der Waals surface area contributed by atoms with Crippen molar-refractivity contribution in [1.82, 2.24) is 4.90 Å². The van der Waals surface area contributed by atoms with Gasteiger partial charge >= 0.3 is 6.03 Å². The number of hydrogen-bond acceptors (Lipinski definition) is 3. The first-order valence-electron chi connectivity index (χ1n) is 11.5. The number of benzene rings is 3. The third kappa shape index (κ3) is 4.59. The second-order valence-electron chi connectivity index (χ2n) is 8.75. The van der Waals surface area contributed by atoms with Crippen LogP contribution in [0.2, 0.25) is 5.02 Å². The molecule has 2 atom stereocenters. The monoisotopic (exact) mass is 475 g/mol. The third-order valence-corrected chi connectivity index (χ3v) is 6.63. The summed E-state index contributed by atoms with van der Waals surface area (Å²) in [6.45, 7) is 2.21. The fourth-order valence-corrected chi connectivity index (χ4v) is 5.00. The number of hydrogen-bond donors (Lipinski definition) is 2. The Morgan fingerprint density at radius 2 is 1.79 bits per heavy atom. The molecule has 3 aromatic carbocycles. The van der Waals surface area contributed by atoms with Crippen LogP contribution in [0.25, 0.3) is 0 Å². The van der Waals surface area contributed by atoms with Gasteiger partial charge in [0.2, 0.25) is 0 Å². The van der Waals surface area contributed by atoms with Gasteiger partial charge in [-0.1, -0.05) is 41.9 Å². The smallest absolute Gasteiger partial charge is 0.323 e. The van der Waals surface area contributed by atoms with Crippen LogP contribution in [0, 0.1) is 0 Å². The Morgan fingerprint density at radius 1 is 1.00 bits per heavy atom. The Hall–Kier alpha value is -3.51. The summed E-state index contributed by atoms with van der Waals surface area (Å²) in [6, 6.07) is 20.4. The highest BCUT2D eigenvalue weighted by atomic mass is 35.5. The van der Waals surface area contributed by atoms with Crippen molar-refractivity contribution >= 4 is 34.9 Å². The van der Waals surface area contributed by atoms with Crippen molar-refractivity contribution in [3.8, 4) is 5.75 Å². The lowest BCUT2D eigenvalue weighted by atomic mass is 9.86. The maximum atomic E-state index is 13.3. The molecule has 0 bridgehead atoms. The lowest BCUT2D eigenvalue weighted by molar-refractivity contribution is -0.140. The van der Waals surface area contributed by atoms with Gasteiger partial charge in [-0.3, -0.25) is 4.79 Å². The second-order valence-corrected chi connectivity index (χ2v) is 9.18. The maximum Gasteiger partial charge on any atom is 0.323 e. The van der Waals surface area contributed by atoms with Gasteiger partial charge in [0.25, 0.3) is 5.91 Å². The number of halogens is 1. The maximum absolute atomic E-state index is 13.3. The number of ether oxygens (including phenoxy) is 1. The summed E-state index contributed by atoms with van der Waals surface area (Å²) in [6.07, 6.45) is 2.41. The first kappa shape index (κ1) is 22.3. The molecule has 2 aliphatic rings. The molecule has 0 aromatic heterocycles. The minimum atomic E-state index is -0.583. The van der Waals surface area contributed by atoms with Gasteiger partial charge in [-0.25, -0.2) is 4.79 Å². The van der Waals surface area contributed by atoms with Gasteiger partial charge in [-0.2, -0.15) is 0 Å². The summed E-state index contributed by atoms with van der Waals surface area (Å²) < 4.78 is 6.01. The summed E-state index contributed by atoms with van der Waals surface area (Å²) in [5.41, 5.74) is 4.60. The normalized spacial score (nSPS) is 19.4. The Labute approximate surface area is 203 Å². The summed E-state index contributed by atoms with van der Waals surface area (Å²) in [5.74, 6) is 0.638. The molecule has 0 saturated heterocycles. The van der Waals surface area contributed by atoms with E-state index in [9.17, 15) is 9.59 Å². The highest BCUT2D eigenvalue weighted by Crippen LogP contribution is 2.38. The van der Waals surface area contributed by atoms with E-state index in [1.807, 2.05) is 23.1 Å². The standard InChI is InChI=1S/C27H26ClN3O3/c1-17-26(32)31(24-11-4-7-18-6-2-3-10-23(18)24)16-19-14-22(12-13-25(19)34-17)30-27(33)29-21-9-5-8-20(28)15-21/h2-3,5-6,8-10,12-15,17,24H,4,7,11,16H2,1H3,(H2,29,30,33). The molecular formula is C27H26ClN3O3. The van der Waals surface area contributed by atoms with Gasteiger partial charge in [0, 0.05) is 22.0 Å². The number of nitrogens with zero attached hydrogens (tertiary/aromatic N) is 1. The Morgan fingerprint density at radius 3 is 2.62 bits per heavy atom. The molecule has 174 valence electrons. The first-order valence-corrected chi connectivity index (χ1v) is 11.9. The summed E-state index contributed by atoms with van der Waals surface area (Å²) in [4.78, 5) is 27.8. The molecule has 0 fully saturated rings. The number of rotatable bonds is 3. The minimum Gasteiger partial charge on any atom is -0.481 e. The molecule has 1 aliphatic heterocycles. The van der Waals surface area contributed by atoms with Crippen molar-refractivity contribution < 1.29 is 14.3 Å². The summed E-state index contributed by atoms with van der Waals surface area (Å²) >= 11 is 6.00. The zero-order valence-electron chi connectivity index (χ0n) is 18.9. The van der Waals surface area contributed by atoms with Gasteiger partial charge < -0.3 is 20.3 Å². The lowest BCUT2D eigenvalue weighted by Crippen LogP contribution is -2.41. The highest BCUT2D eigenvalue weighted by molar-refractivity contribution is 6.30. The molecule has 3 aromatic rings. The Balaban J connectivity index is 1.39. The van der Waals surface area contributed by atoms with E-state index in [0.717, 1.165) is 24.8 Å². The fourth-order valence-electron chi connectivity index (χ4n) is 4.81. The van der Waals surface area contributed by atoms with E-state index in [-0.39, 0.29) is 18.0 Å². The molecule has 6 nitrogen and oxygen atoms in total. The van der Waals surface area contributed by atoms with Crippen molar-refractivity contribution in [1.29, 1.82) is 0 Å². The van der Waals surface area contributed by atoms with Gasteiger partial charge in [0.1, 0.15) is 5.75 Å². The molecular weight excluding hydrogens is 450 g/mol. The second kappa shape index (κ2) is 9.39. The molecule has 2 N–H and O–H groups in total. The molecule has 1 heterocycles. The molecule has 5 rings (SSSR count). The summed E-state index contributed by atoms with van der Waals surface area (Å²) in [5, 5.41) is 6.18. The van der Waals surface area contributed by atoms with Crippen LogP contribution < -0.4 is 15.4 Å². The topological polar surface area (TPSA) is 70.7 Å². The van der Waals surface area contributed by atoms with Crippen molar-refractivity contribution in [3.05, 3.63) is 88.4 Å². The summed E-state index contributed by atoms with van der Waals surface area (Å²) in [7, 11) is 0. The van der Waals surface area contributed by atoms with Crippen molar-refractivity contribution in [2.45, 2.75) is 44.9 Å². The van der Waals surface area contributed by atoms with E-state index in [4.69, 9.17) is 16.3 Å². The van der Waals surface area contributed by atoms with Crippen molar-refractivity contribution in [3.63, 3.8) is 0 Å². The van der Waals surface area contributed by atoms with E-state index in [1.54, 1.807) is 37.3 Å². The predicted molar refractivity (Wildman–Crippen MR) is 133 cm³/mol.